The molecule has 0 aromatic heterocycles. The van der Waals surface area contributed by atoms with Crippen LogP contribution in [0.25, 0.3) is 0 Å². The fourth-order valence-corrected chi connectivity index (χ4v) is 1.90. The summed E-state index contributed by atoms with van der Waals surface area (Å²) in [5.74, 6) is -1.05. The Hall–Kier alpha value is -3.00. The van der Waals surface area contributed by atoms with Gasteiger partial charge >= 0.3 is 0 Å². The van der Waals surface area contributed by atoms with Crippen molar-refractivity contribution in [1.29, 1.82) is 0 Å². The summed E-state index contributed by atoms with van der Waals surface area (Å²) in [6.07, 6.45) is -1.44. The van der Waals surface area contributed by atoms with E-state index in [0.717, 1.165) is 6.07 Å². The van der Waals surface area contributed by atoms with Crippen molar-refractivity contribution < 1.29 is 19.2 Å². The van der Waals surface area contributed by atoms with Crippen LogP contribution < -0.4 is 10.9 Å². The van der Waals surface area contributed by atoms with Crippen LogP contribution in [0.3, 0.4) is 0 Å². The SMILES string of the molecule is O=C(CC(O)c1cccc(F)c1)NNc1cccc([N+](=O)[O-])c1. The Morgan fingerprint density at radius 3 is 2.70 bits per heavy atom. The number of amides is 1. The number of hydrazine groups is 1. The summed E-state index contributed by atoms with van der Waals surface area (Å²) in [4.78, 5) is 21.8. The van der Waals surface area contributed by atoms with Crippen LogP contribution in [-0.4, -0.2) is 15.9 Å². The molecule has 7 nitrogen and oxygen atoms in total. The molecule has 1 unspecified atom stereocenters. The molecule has 2 aromatic rings. The lowest BCUT2D eigenvalue weighted by Gasteiger charge is -2.12. The van der Waals surface area contributed by atoms with E-state index in [9.17, 15) is 24.4 Å². The molecule has 0 aliphatic rings. The third kappa shape index (κ3) is 4.75. The predicted octanol–water partition coefficient (Wildman–Crippen LogP) is 2.30. The van der Waals surface area contributed by atoms with Crippen LogP contribution in [0, 0.1) is 15.9 Å². The van der Waals surface area contributed by atoms with Crippen molar-refractivity contribution >= 4 is 17.3 Å². The highest BCUT2D eigenvalue weighted by Gasteiger charge is 2.14. The number of nitro groups is 1. The van der Waals surface area contributed by atoms with Crippen LogP contribution in [-0.2, 0) is 4.79 Å². The fourth-order valence-electron chi connectivity index (χ4n) is 1.90. The van der Waals surface area contributed by atoms with Crippen LogP contribution in [0.15, 0.2) is 48.5 Å². The van der Waals surface area contributed by atoms with Crippen LogP contribution in [0.1, 0.15) is 18.1 Å². The number of nitrogens with zero attached hydrogens (tertiary/aromatic N) is 1. The second kappa shape index (κ2) is 7.32. The van der Waals surface area contributed by atoms with Gasteiger partial charge in [-0.05, 0) is 23.8 Å². The van der Waals surface area contributed by atoms with Crippen molar-refractivity contribution in [3.05, 3.63) is 70.0 Å². The number of nitrogens with one attached hydrogen (secondary N) is 2. The molecule has 0 spiro atoms. The zero-order valence-electron chi connectivity index (χ0n) is 11.9. The Morgan fingerprint density at radius 1 is 1.26 bits per heavy atom. The molecule has 0 aliphatic carbocycles. The molecule has 0 radical (unpaired) electrons. The number of hydrogen-bond acceptors (Lipinski definition) is 5. The zero-order chi connectivity index (χ0) is 16.8. The third-order valence-corrected chi connectivity index (χ3v) is 3.02. The number of rotatable bonds is 6. The maximum atomic E-state index is 13.1. The number of aliphatic hydroxyl groups is 1. The average Bonchev–Trinajstić information content (AvgIpc) is 2.53. The van der Waals surface area contributed by atoms with Crippen molar-refractivity contribution in [2.45, 2.75) is 12.5 Å². The first-order valence-corrected chi connectivity index (χ1v) is 6.68. The zero-order valence-corrected chi connectivity index (χ0v) is 11.9. The highest BCUT2D eigenvalue weighted by Crippen LogP contribution is 2.18. The van der Waals surface area contributed by atoms with E-state index >= 15 is 0 Å². The molecule has 120 valence electrons. The maximum absolute atomic E-state index is 13.1. The van der Waals surface area contributed by atoms with Crippen LogP contribution in [0.4, 0.5) is 15.8 Å². The summed E-state index contributed by atoms with van der Waals surface area (Å²) >= 11 is 0. The Kier molecular flexibility index (Phi) is 5.21. The number of benzene rings is 2. The molecular weight excluding hydrogens is 305 g/mol. The smallest absolute Gasteiger partial charge is 0.271 e. The Bertz CT molecular complexity index is 723. The minimum Gasteiger partial charge on any atom is -0.388 e. The third-order valence-electron chi connectivity index (χ3n) is 3.02. The van der Waals surface area contributed by atoms with Crippen molar-refractivity contribution in [3.63, 3.8) is 0 Å². The number of hydrogen-bond donors (Lipinski definition) is 3. The van der Waals surface area contributed by atoms with Gasteiger partial charge in [-0.2, -0.15) is 0 Å². The monoisotopic (exact) mass is 319 g/mol. The Balaban J connectivity index is 1.90. The molecule has 3 N–H and O–H groups in total. The molecule has 0 bridgehead atoms. The van der Waals surface area contributed by atoms with Gasteiger partial charge in [0.05, 0.1) is 23.1 Å². The molecule has 1 amide bonds. The molecule has 0 fully saturated rings. The first-order chi connectivity index (χ1) is 11.0. The molecule has 1 atom stereocenters. The van der Waals surface area contributed by atoms with E-state index in [2.05, 4.69) is 10.9 Å². The molecule has 2 aromatic carbocycles. The summed E-state index contributed by atoms with van der Waals surface area (Å²) in [6.45, 7) is 0. The van der Waals surface area contributed by atoms with Gasteiger partial charge in [-0.25, -0.2) is 4.39 Å². The second-order valence-electron chi connectivity index (χ2n) is 4.76. The van der Waals surface area contributed by atoms with Crippen LogP contribution in [0.2, 0.25) is 0 Å². The van der Waals surface area contributed by atoms with Crippen molar-refractivity contribution in [1.82, 2.24) is 5.43 Å². The molecule has 0 saturated carbocycles. The quantitative estimate of drug-likeness (QED) is 0.560. The van der Waals surface area contributed by atoms with E-state index in [1.54, 1.807) is 0 Å². The van der Waals surface area contributed by atoms with E-state index in [4.69, 9.17) is 0 Å². The Morgan fingerprint density at radius 2 is 2.00 bits per heavy atom. The summed E-state index contributed by atoms with van der Waals surface area (Å²) in [6, 6.07) is 10.9. The topological polar surface area (TPSA) is 104 Å². The van der Waals surface area contributed by atoms with Crippen molar-refractivity contribution in [2.24, 2.45) is 0 Å². The first kappa shape index (κ1) is 16.4. The van der Waals surface area contributed by atoms with Gasteiger partial charge in [0.1, 0.15) is 5.82 Å². The summed E-state index contributed by atoms with van der Waals surface area (Å²) in [5, 5.41) is 20.5. The lowest BCUT2D eigenvalue weighted by Crippen LogP contribution is -2.30. The number of anilines is 1. The average molecular weight is 319 g/mol. The van der Waals surface area contributed by atoms with Gasteiger partial charge in [0.2, 0.25) is 5.91 Å². The Labute approximate surface area is 130 Å². The van der Waals surface area contributed by atoms with E-state index in [-0.39, 0.29) is 17.7 Å². The molecular formula is C15H14FN3O4. The van der Waals surface area contributed by atoms with Gasteiger partial charge < -0.3 is 5.11 Å². The number of aliphatic hydroxyl groups excluding tert-OH is 1. The predicted molar refractivity (Wildman–Crippen MR) is 80.8 cm³/mol. The van der Waals surface area contributed by atoms with Gasteiger partial charge in [0, 0.05) is 12.1 Å². The number of carbonyl (C=O) groups is 1. The molecule has 0 heterocycles. The lowest BCUT2D eigenvalue weighted by molar-refractivity contribution is -0.384. The van der Waals surface area contributed by atoms with E-state index in [1.807, 2.05) is 0 Å². The molecule has 0 saturated heterocycles. The summed E-state index contributed by atoms with van der Waals surface area (Å²) < 4.78 is 13.1. The molecule has 2 rings (SSSR count). The maximum Gasteiger partial charge on any atom is 0.271 e. The molecule has 0 aliphatic heterocycles. The van der Waals surface area contributed by atoms with E-state index in [1.165, 1.54) is 42.5 Å². The number of nitro benzene ring substituents is 1. The highest BCUT2D eigenvalue weighted by molar-refractivity contribution is 5.78. The minimum atomic E-state index is -1.15. The van der Waals surface area contributed by atoms with Gasteiger partial charge in [0.15, 0.2) is 0 Å². The molecule has 8 heteroatoms. The van der Waals surface area contributed by atoms with E-state index in [0.29, 0.717) is 5.69 Å². The summed E-state index contributed by atoms with van der Waals surface area (Å²) in [7, 11) is 0. The van der Waals surface area contributed by atoms with Crippen molar-refractivity contribution in [3.8, 4) is 0 Å². The van der Waals surface area contributed by atoms with E-state index < -0.39 is 22.8 Å². The first-order valence-electron chi connectivity index (χ1n) is 6.68. The number of halogens is 1. The fraction of sp³-hybridized carbons (Fsp3) is 0.133. The normalized spacial score (nSPS) is 11.6. The van der Waals surface area contributed by atoms with Gasteiger partial charge in [-0.15, -0.1) is 0 Å². The van der Waals surface area contributed by atoms with Gasteiger partial charge in [-0.1, -0.05) is 18.2 Å². The number of non-ortho nitro benzene ring substituents is 1. The van der Waals surface area contributed by atoms with Crippen LogP contribution >= 0.6 is 0 Å². The van der Waals surface area contributed by atoms with Crippen molar-refractivity contribution in [2.75, 3.05) is 5.43 Å². The number of carbonyl (C=O) groups excluding carboxylic acids is 1. The minimum absolute atomic E-state index is 0.121. The largest absolute Gasteiger partial charge is 0.388 e. The highest BCUT2D eigenvalue weighted by atomic mass is 19.1. The van der Waals surface area contributed by atoms with Gasteiger partial charge in [0.25, 0.3) is 5.69 Å². The van der Waals surface area contributed by atoms with Gasteiger partial charge in [-0.3, -0.25) is 25.8 Å². The van der Waals surface area contributed by atoms with Crippen LogP contribution in [0.5, 0.6) is 0 Å². The lowest BCUT2D eigenvalue weighted by atomic mass is 10.1. The standard InChI is InChI=1S/C15H14FN3O4/c16-11-4-1-3-10(7-11)14(20)9-15(21)18-17-12-5-2-6-13(8-12)19(22)23/h1-8,14,17,20H,9H2,(H,18,21). The molecule has 23 heavy (non-hydrogen) atoms. The second-order valence-corrected chi connectivity index (χ2v) is 4.76. The summed E-state index contributed by atoms with van der Waals surface area (Å²) in [5.41, 5.74) is 5.33.